The van der Waals surface area contributed by atoms with Crippen LogP contribution in [0.3, 0.4) is 0 Å². The maximum atomic E-state index is 12.8. The van der Waals surface area contributed by atoms with E-state index in [1.807, 2.05) is 36.1 Å². The number of carbonyl (C=O) groups is 1. The third kappa shape index (κ3) is 5.01. The van der Waals surface area contributed by atoms with Crippen LogP contribution in [-0.4, -0.2) is 43.9 Å². The third-order valence-corrected chi connectivity index (χ3v) is 6.10. The Balaban J connectivity index is 1.70. The second-order valence-electron chi connectivity index (χ2n) is 7.23. The van der Waals surface area contributed by atoms with Crippen molar-refractivity contribution in [2.75, 3.05) is 13.1 Å². The molecule has 144 valence electrons. The molecule has 27 heavy (non-hydrogen) atoms. The smallest absolute Gasteiger partial charge is 0.235 e. The molecule has 1 aliphatic rings. The largest absolute Gasteiger partial charge is 0.342 e. The van der Waals surface area contributed by atoms with Gasteiger partial charge in [0.1, 0.15) is 5.82 Å². The molecule has 3 rings (SSSR count). The van der Waals surface area contributed by atoms with Crippen molar-refractivity contribution in [3.05, 3.63) is 54.4 Å². The summed E-state index contributed by atoms with van der Waals surface area (Å²) < 4.78 is 2.06. The topological polar surface area (TPSA) is 51.0 Å². The van der Waals surface area contributed by atoms with Gasteiger partial charge in [-0.2, -0.15) is 0 Å². The lowest BCUT2D eigenvalue weighted by Gasteiger charge is -2.31. The number of benzene rings is 1. The molecule has 1 unspecified atom stereocenters. The highest BCUT2D eigenvalue weighted by Gasteiger charge is 2.26. The Hall–Kier alpha value is -2.08. The number of nitrogens with zero attached hydrogens (tertiary/aromatic N) is 4. The summed E-state index contributed by atoms with van der Waals surface area (Å²) in [5.41, 5.74) is 1.19. The SMILES string of the molecule is C=CCn1c(Cc2ccccc2)nnc1SC(C)C(=O)N1CCC(C)CC1. The monoisotopic (exact) mass is 384 g/mol. The lowest BCUT2D eigenvalue weighted by molar-refractivity contribution is -0.131. The fourth-order valence-corrected chi connectivity index (χ4v) is 4.28. The van der Waals surface area contributed by atoms with Crippen LogP contribution in [0.15, 0.2) is 48.1 Å². The molecule has 2 heterocycles. The zero-order valence-corrected chi connectivity index (χ0v) is 17.0. The zero-order valence-electron chi connectivity index (χ0n) is 16.2. The maximum absolute atomic E-state index is 12.8. The van der Waals surface area contributed by atoms with Crippen molar-refractivity contribution in [2.45, 2.75) is 50.1 Å². The Morgan fingerprint density at radius 3 is 2.67 bits per heavy atom. The average molecular weight is 385 g/mol. The molecular weight excluding hydrogens is 356 g/mol. The fraction of sp³-hybridized carbons (Fsp3) is 0.476. The van der Waals surface area contributed by atoms with Crippen molar-refractivity contribution >= 4 is 17.7 Å². The van der Waals surface area contributed by atoms with Crippen molar-refractivity contribution < 1.29 is 4.79 Å². The molecule has 1 aromatic heterocycles. The number of amides is 1. The lowest BCUT2D eigenvalue weighted by Crippen LogP contribution is -2.41. The summed E-state index contributed by atoms with van der Waals surface area (Å²) in [4.78, 5) is 14.8. The Bertz CT molecular complexity index is 766. The molecule has 1 aromatic carbocycles. The highest BCUT2D eigenvalue weighted by Crippen LogP contribution is 2.26. The van der Waals surface area contributed by atoms with Crippen molar-refractivity contribution in [3.63, 3.8) is 0 Å². The van der Waals surface area contributed by atoms with E-state index in [0.29, 0.717) is 18.9 Å². The first kappa shape index (κ1) is 19.7. The summed E-state index contributed by atoms with van der Waals surface area (Å²) in [6, 6.07) is 10.2. The molecule has 0 saturated carbocycles. The van der Waals surface area contributed by atoms with Crippen LogP contribution in [0.2, 0.25) is 0 Å². The van der Waals surface area contributed by atoms with E-state index in [1.165, 1.54) is 17.3 Å². The number of thioether (sulfide) groups is 1. The minimum atomic E-state index is -0.171. The molecule has 0 bridgehead atoms. The van der Waals surface area contributed by atoms with Crippen LogP contribution in [0.5, 0.6) is 0 Å². The molecule has 6 heteroatoms. The van der Waals surface area contributed by atoms with Gasteiger partial charge in [-0.05, 0) is 31.2 Å². The van der Waals surface area contributed by atoms with Gasteiger partial charge >= 0.3 is 0 Å². The zero-order chi connectivity index (χ0) is 19.2. The molecule has 1 atom stereocenters. The fourth-order valence-electron chi connectivity index (χ4n) is 3.32. The lowest BCUT2D eigenvalue weighted by atomic mass is 9.99. The molecule has 2 aromatic rings. The highest BCUT2D eigenvalue weighted by atomic mass is 32.2. The van der Waals surface area contributed by atoms with Crippen LogP contribution in [-0.2, 0) is 17.8 Å². The first-order chi connectivity index (χ1) is 13.1. The number of carbonyl (C=O) groups excluding carboxylic acids is 1. The number of allylic oxidation sites excluding steroid dienone is 1. The quantitative estimate of drug-likeness (QED) is 0.538. The predicted octanol–water partition coefficient (Wildman–Crippen LogP) is 3.79. The number of hydrogen-bond donors (Lipinski definition) is 0. The second-order valence-corrected chi connectivity index (χ2v) is 8.54. The molecule has 1 amide bonds. The van der Waals surface area contributed by atoms with Gasteiger partial charge in [0.2, 0.25) is 5.91 Å². The summed E-state index contributed by atoms with van der Waals surface area (Å²) >= 11 is 1.49. The molecular formula is C21H28N4OS. The third-order valence-electron chi connectivity index (χ3n) is 5.04. The summed E-state index contributed by atoms with van der Waals surface area (Å²) in [5, 5.41) is 9.37. The van der Waals surface area contributed by atoms with E-state index in [0.717, 1.165) is 36.9 Å². The number of hydrogen-bond acceptors (Lipinski definition) is 4. The van der Waals surface area contributed by atoms with Gasteiger partial charge in [0.05, 0.1) is 5.25 Å². The number of piperidine rings is 1. The first-order valence-electron chi connectivity index (χ1n) is 9.60. The molecule has 0 N–H and O–H groups in total. The van der Waals surface area contributed by atoms with Crippen molar-refractivity contribution in [3.8, 4) is 0 Å². The van der Waals surface area contributed by atoms with Gasteiger partial charge in [0.25, 0.3) is 0 Å². The Kier molecular flexibility index (Phi) is 6.72. The van der Waals surface area contributed by atoms with E-state index in [2.05, 4.69) is 40.4 Å². The molecule has 1 fully saturated rings. The molecule has 0 spiro atoms. The standard InChI is InChI=1S/C21H28N4OS/c1-4-12-25-19(15-18-8-6-5-7-9-18)22-23-21(25)27-17(3)20(26)24-13-10-16(2)11-14-24/h4-9,16-17H,1,10-15H2,2-3H3. The van der Waals surface area contributed by atoms with Crippen molar-refractivity contribution in [1.82, 2.24) is 19.7 Å². The van der Waals surface area contributed by atoms with Crippen LogP contribution in [0, 0.1) is 5.92 Å². The Morgan fingerprint density at radius 2 is 2.00 bits per heavy atom. The summed E-state index contributed by atoms with van der Waals surface area (Å²) in [5.74, 6) is 1.81. The van der Waals surface area contributed by atoms with Gasteiger partial charge in [-0.25, -0.2) is 0 Å². The van der Waals surface area contributed by atoms with Crippen LogP contribution in [0.4, 0.5) is 0 Å². The summed E-state index contributed by atoms with van der Waals surface area (Å²) in [6.45, 7) is 10.4. The normalized spacial score (nSPS) is 16.3. The van der Waals surface area contributed by atoms with Crippen LogP contribution in [0.1, 0.15) is 38.1 Å². The van der Waals surface area contributed by atoms with E-state index < -0.39 is 0 Å². The molecule has 1 aliphatic heterocycles. The summed E-state index contributed by atoms with van der Waals surface area (Å²) in [7, 11) is 0. The highest BCUT2D eigenvalue weighted by molar-refractivity contribution is 8.00. The van der Waals surface area contributed by atoms with Crippen molar-refractivity contribution in [1.29, 1.82) is 0 Å². The van der Waals surface area contributed by atoms with Crippen LogP contribution < -0.4 is 0 Å². The molecule has 0 radical (unpaired) electrons. The van der Waals surface area contributed by atoms with Gasteiger partial charge in [0, 0.05) is 26.1 Å². The van der Waals surface area contributed by atoms with E-state index >= 15 is 0 Å². The summed E-state index contributed by atoms with van der Waals surface area (Å²) in [6.07, 6.45) is 4.75. The van der Waals surface area contributed by atoms with Crippen LogP contribution >= 0.6 is 11.8 Å². The number of likely N-dealkylation sites (tertiary alicyclic amines) is 1. The van der Waals surface area contributed by atoms with Gasteiger partial charge in [-0.3, -0.25) is 4.79 Å². The average Bonchev–Trinajstić information content (AvgIpc) is 3.04. The first-order valence-corrected chi connectivity index (χ1v) is 10.5. The van der Waals surface area contributed by atoms with Crippen molar-refractivity contribution in [2.24, 2.45) is 5.92 Å². The minimum absolute atomic E-state index is 0.171. The second kappa shape index (κ2) is 9.22. The Labute approximate surface area is 165 Å². The number of aromatic nitrogens is 3. The molecule has 5 nitrogen and oxygen atoms in total. The van der Waals surface area contributed by atoms with Gasteiger partial charge in [-0.1, -0.05) is 55.1 Å². The van der Waals surface area contributed by atoms with Crippen LogP contribution in [0.25, 0.3) is 0 Å². The van der Waals surface area contributed by atoms with Gasteiger partial charge < -0.3 is 9.47 Å². The number of rotatable bonds is 7. The maximum Gasteiger partial charge on any atom is 0.235 e. The van der Waals surface area contributed by atoms with E-state index in [9.17, 15) is 4.79 Å². The molecule has 1 saturated heterocycles. The van der Waals surface area contributed by atoms with E-state index in [4.69, 9.17) is 0 Å². The van der Waals surface area contributed by atoms with Gasteiger partial charge in [-0.15, -0.1) is 16.8 Å². The Morgan fingerprint density at radius 1 is 1.30 bits per heavy atom. The van der Waals surface area contributed by atoms with E-state index in [1.54, 1.807) is 0 Å². The van der Waals surface area contributed by atoms with E-state index in [-0.39, 0.29) is 11.2 Å². The molecule has 0 aliphatic carbocycles. The predicted molar refractivity (Wildman–Crippen MR) is 110 cm³/mol. The van der Waals surface area contributed by atoms with Gasteiger partial charge in [0.15, 0.2) is 5.16 Å². The minimum Gasteiger partial charge on any atom is -0.342 e.